The Morgan fingerprint density at radius 1 is 1.09 bits per heavy atom. The van der Waals surface area contributed by atoms with E-state index in [4.69, 9.17) is 14.0 Å². The first kappa shape index (κ1) is 22.2. The molecule has 0 aliphatic carbocycles. The maximum atomic E-state index is 14.1. The molecule has 0 spiro atoms. The molecule has 6 nitrogen and oxygen atoms in total. The van der Waals surface area contributed by atoms with Gasteiger partial charge in [0.2, 0.25) is 0 Å². The summed E-state index contributed by atoms with van der Waals surface area (Å²) >= 11 is 0. The van der Waals surface area contributed by atoms with Crippen LogP contribution in [0.3, 0.4) is 0 Å². The van der Waals surface area contributed by atoms with E-state index in [-0.39, 0.29) is 18.5 Å². The lowest BCUT2D eigenvalue weighted by molar-refractivity contribution is -0.00955. The van der Waals surface area contributed by atoms with Crippen molar-refractivity contribution in [1.29, 1.82) is 0 Å². The molecule has 7 heteroatoms. The first-order chi connectivity index (χ1) is 15.7. The van der Waals surface area contributed by atoms with Crippen molar-refractivity contribution in [2.24, 2.45) is 5.16 Å². The predicted molar refractivity (Wildman–Crippen MR) is 119 cm³/mol. The lowest BCUT2D eigenvalue weighted by Crippen LogP contribution is -2.39. The van der Waals surface area contributed by atoms with Gasteiger partial charge in [0, 0.05) is 31.6 Å². The highest BCUT2D eigenvalue weighted by molar-refractivity contribution is 6.01. The molecule has 2 heterocycles. The van der Waals surface area contributed by atoms with Gasteiger partial charge in [0.25, 0.3) is 0 Å². The van der Waals surface area contributed by atoms with Crippen molar-refractivity contribution in [2.75, 3.05) is 19.7 Å². The van der Waals surface area contributed by atoms with Gasteiger partial charge >= 0.3 is 0 Å². The number of halogens is 1. The summed E-state index contributed by atoms with van der Waals surface area (Å²) in [6, 6.07) is 20.2. The molecule has 1 aliphatic heterocycles. The second-order valence-electron chi connectivity index (χ2n) is 7.88. The van der Waals surface area contributed by atoms with Crippen LogP contribution in [0.25, 0.3) is 0 Å². The summed E-state index contributed by atoms with van der Waals surface area (Å²) in [6.07, 6.45) is 1.21. The third-order valence-electron chi connectivity index (χ3n) is 5.23. The molecule has 1 aliphatic rings. The van der Waals surface area contributed by atoms with Crippen LogP contribution in [-0.4, -0.2) is 47.6 Å². The minimum atomic E-state index is -0.679. The van der Waals surface area contributed by atoms with Crippen molar-refractivity contribution in [3.05, 3.63) is 95.7 Å². The van der Waals surface area contributed by atoms with Crippen molar-refractivity contribution in [3.8, 4) is 0 Å². The van der Waals surface area contributed by atoms with Crippen LogP contribution in [0.15, 0.2) is 82.6 Å². The number of hydrogen-bond donors (Lipinski definition) is 1. The molecule has 168 valence electrons. The average Bonchev–Trinajstić information content (AvgIpc) is 3.47. The molecular weight excluding hydrogens is 411 g/mol. The van der Waals surface area contributed by atoms with Gasteiger partial charge in [0.1, 0.15) is 24.3 Å². The second kappa shape index (κ2) is 11.0. The Morgan fingerprint density at radius 2 is 1.91 bits per heavy atom. The number of hydrogen-bond acceptors (Lipinski definition) is 6. The Balaban J connectivity index is 1.33. The minimum absolute atomic E-state index is 0.189. The zero-order valence-corrected chi connectivity index (χ0v) is 17.8. The van der Waals surface area contributed by atoms with E-state index < -0.39 is 6.10 Å². The van der Waals surface area contributed by atoms with Crippen LogP contribution in [0, 0.1) is 5.82 Å². The summed E-state index contributed by atoms with van der Waals surface area (Å²) in [5.74, 6) is 0.413. The Labute approximate surface area is 186 Å². The molecule has 0 fully saturated rings. The van der Waals surface area contributed by atoms with Gasteiger partial charge < -0.3 is 19.1 Å². The Hall–Kier alpha value is -3.00. The molecule has 0 unspecified atom stereocenters. The average molecular weight is 438 g/mol. The third-order valence-corrected chi connectivity index (χ3v) is 5.23. The Morgan fingerprint density at radius 3 is 2.69 bits per heavy atom. The van der Waals surface area contributed by atoms with Crippen LogP contribution >= 0.6 is 0 Å². The van der Waals surface area contributed by atoms with Crippen LogP contribution in [0.2, 0.25) is 0 Å². The van der Waals surface area contributed by atoms with Gasteiger partial charge in [-0.15, -0.1) is 0 Å². The van der Waals surface area contributed by atoms with Crippen molar-refractivity contribution in [1.82, 2.24) is 4.90 Å². The van der Waals surface area contributed by atoms with Crippen LogP contribution in [-0.2, 0) is 22.7 Å². The lowest BCUT2D eigenvalue weighted by Gasteiger charge is -2.27. The topological polar surface area (TPSA) is 67.4 Å². The van der Waals surface area contributed by atoms with E-state index in [9.17, 15) is 9.50 Å². The molecular formula is C25H27FN2O4. The van der Waals surface area contributed by atoms with Crippen molar-refractivity contribution < 1.29 is 23.5 Å². The van der Waals surface area contributed by atoms with E-state index in [1.165, 1.54) is 6.07 Å². The monoisotopic (exact) mass is 438 g/mol. The van der Waals surface area contributed by atoms with Gasteiger partial charge in [-0.1, -0.05) is 53.7 Å². The zero-order chi connectivity index (χ0) is 22.2. The fourth-order valence-electron chi connectivity index (χ4n) is 3.75. The number of ether oxygens (including phenoxy) is 1. The number of aliphatic hydroxyl groups excluding tert-OH is 1. The van der Waals surface area contributed by atoms with Gasteiger partial charge in [-0.3, -0.25) is 4.90 Å². The number of benzene rings is 2. The smallest absolute Gasteiger partial charge is 0.145 e. The first-order valence-electron chi connectivity index (χ1n) is 10.7. The predicted octanol–water partition coefficient (Wildman–Crippen LogP) is 3.99. The summed E-state index contributed by atoms with van der Waals surface area (Å²) in [6.45, 7) is 2.10. The number of furan rings is 1. The van der Waals surface area contributed by atoms with Gasteiger partial charge in [-0.25, -0.2) is 4.39 Å². The summed E-state index contributed by atoms with van der Waals surface area (Å²) in [5.41, 5.74) is 2.20. The maximum absolute atomic E-state index is 14.1. The molecule has 32 heavy (non-hydrogen) atoms. The first-order valence-corrected chi connectivity index (χ1v) is 10.7. The van der Waals surface area contributed by atoms with E-state index in [1.807, 2.05) is 36.4 Å². The lowest BCUT2D eigenvalue weighted by atomic mass is 10.0. The van der Waals surface area contributed by atoms with Crippen LogP contribution in [0.4, 0.5) is 4.39 Å². The van der Waals surface area contributed by atoms with Crippen LogP contribution in [0.1, 0.15) is 23.3 Å². The Kier molecular flexibility index (Phi) is 7.66. The highest BCUT2D eigenvalue weighted by Gasteiger charge is 2.27. The summed E-state index contributed by atoms with van der Waals surface area (Å²) in [7, 11) is 0. The molecule has 3 aromatic rings. The molecule has 0 bridgehead atoms. The minimum Gasteiger partial charge on any atom is -0.467 e. The van der Waals surface area contributed by atoms with Crippen LogP contribution in [0.5, 0.6) is 0 Å². The molecule has 0 amide bonds. The quantitative estimate of drug-likeness (QED) is 0.490. The molecule has 1 aromatic heterocycles. The molecule has 1 N–H and O–H groups in total. The van der Waals surface area contributed by atoms with Crippen LogP contribution < -0.4 is 0 Å². The van der Waals surface area contributed by atoms with E-state index in [0.29, 0.717) is 43.9 Å². The van der Waals surface area contributed by atoms with E-state index >= 15 is 0 Å². The third kappa shape index (κ3) is 6.26. The van der Waals surface area contributed by atoms with Gasteiger partial charge in [0.15, 0.2) is 0 Å². The fourth-order valence-corrected chi connectivity index (χ4v) is 3.75. The molecule has 2 aromatic carbocycles. The van der Waals surface area contributed by atoms with Gasteiger partial charge in [-0.05, 0) is 23.8 Å². The summed E-state index contributed by atoms with van der Waals surface area (Å²) < 4.78 is 24.9. The molecule has 2 atom stereocenters. The van der Waals surface area contributed by atoms with E-state index in [2.05, 4.69) is 10.1 Å². The standard InChI is InChI=1S/C25H27FN2O4/c26-24-11-5-4-10-23(24)25-13-22(32-27-25)16-28(14-19-7-2-1-3-8-19)15-20(29)17-30-18-21-9-6-12-31-21/h1-12,20,22,29H,13-18H2/t20-,22+/m0/s1. The summed E-state index contributed by atoms with van der Waals surface area (Å²) in [5, 5.41) is 14.7. The highest BCUT2D eigenvalue weighted by Crippen LogP contribution is 2.20. The molecule has 4 rings (SSSR count). The number of aliphatic hydroxyl groups is 1. The molecule has 0 saturated heterocycles. The largest absolute Gasteiger partial charge is 0.467 e. The second-order valence-corrected chi connectivity index (χ2v) is 7.88. The summed E-state index contributed by atoms with van der Waals surface area (Å²) in [4.78, 5) is 7.72. The maximum Gasteiger partial charge on any atom is 0.145 e. The number of rotatable bonds is 11. The SMILES string of the molecule is O[C@H](COCc1ccco1)CN(Cc1ccccc1)C[C@H]1CC(c2ccccc2F)=NO1. The Bertz CT molecular complexity index is 994. The number of oxime groups is 1. The van der Waals surface area contributed by atoms with Crippen molar-refractivity contribution >= 4 is 5.71 Å². The van der Waals surface area contributed by atoms with Gasteiger partial charge in [-0.2, -0.15) is 0 Å². The number of nitrogens with zero attached hydrogens (tertiary/aromatic N) is 2. The normalized spacial score (nSPS) is 16.7. The fraction of sp³-hybridized carbons (Fsp3) is 0.320. The van der Waals surface area contributed by atoms with Crippen molar-refractivity contribution in [3.63, 3.8) is 0 Å². The zero-order valence-electron chi connectivity index (χ0n) is 17.8. The van der Waals surface area contributed by atoms with E-state index in [0.717, 1.165) is 11.3 Å². The highest BCUT2D eigenvalue weighted by atomic mass is 19.1. The van der Waals surface area contributed by atoms with E-state index in [1.54, 1.807) is 30.5 Å². The van der Waals surface area contributed by atoms with Gasteiger partial charge in [0.05, 0.1) is 24.7 Å². The van der Waals surface area contributed by atoms with Crippen molar-refractivity contribution in [2.45, 2.75) is 31.8 Å². The molecule has 0 saturated carbocycles. The molecule has 0 radical (unpaired) electrons.